The fourth-order valence-corrected chi connectivity index (χ4v) is 4.06. The van der Waals surface area contributed by atoms with Gasteiger partial charge in [0.2, 0.25) is 0 Å². The summed E-state index contributed by atoms with van der Waals surface area (Å²) >= 11 is 9.89. The van der Waals surface area contributed by atoms with Gasteiger partial charge in [-0.3, -0.25) is 0 Å². The Labute approximate surface area is 139 Å². The first-order valence-corrected chi connectivity index (χ1v) is 9.02. The van der Waals surface area contributed by atoms with Crippen molar-refractivity contribution in [3.8, 4) is 0 Å². The van der Waals surface area contributed by atoms with Crippen molar-refractivity contribution in [2.24, 2.45) is 5.92 Å². The third-order valence-corrected chi connectivity index (χ3v) is 5.23. The lowest BCUT2D eigenvalue weighted by molar-refractivity contribution is 0.232. The molecule has 0 saturated heterocycles. The van der Waals surface area contributed by atoms with Gasteiger partial charge < -0.3 is 4.57 Å². The second-order valence-corrected chi connectivity index (χ2v) is 7.54. The highest BCUT2D eigenvalue weighted by molar-refractivity contribution is 9.10. The van der Waals surface area contributed by atoms with Gasteiger partial charge in [-0.25, -0.2) is 9.97 Å². The van der Waals surface area contributed by atoms with Crippen LogP contribution in [0.15, 0.2) is 16.7 Å². The van der Waals surface area contributed by atoms with E-state index in [-0.39, 0.29) is 5.38 Å². The number of aromatic nitrogens is 3. The first-order chi connectivity index (χ1) is 10.1. The van der Waals surface area contributed by atoms with E-state index in [4.69, 9.17) is 16.6 Å². The molecular weight excluding hydrogens is 350 g/mol. The molecule has 1 saturated carbocycles. The average Bonchev–Trinajstić information content (AvgIpc) is 2.85. The second-order valence-electron chi connectivity index (χ2n) is 5.97. The van der Waals surface area contributed by atoms with Crippen LogP contribution in [0.1, 0.15) is 63.2 Å². The Bertz CT molecular complexity index is 638. The van der Waals surface area contributed by atoms with Crippen molar-refractivity contribution in [3.05, 3.63) is 22.6 Å². The summed E-state index contributed by atoms with van der Waals surface area (Å²) in [4.78, 5) is 9.38. The van der Waals surface area contributed by atoms with Crippen molar-refractivity contribution in [2.45, 2.75) is 57.4 Å². The molecule has 5 heteroatoms. The van der Waals surface area contributed by atoms with Crippen LogP contribution in [-0.2, 0) is 0 Å². The number of halogens is 2. The van der Waals surface area contributed by atoms with Gasteiger partial charge in [-0.2, -0.15) is 0 Å². The number of fused-ring (bicyclic) bond motifs is 1. The lowest BCUT2D eigenvalue weighted by Gasteiger charge is -2.33. The fraction of sp³-hybridized carbons (Fsp3) is 0.625. The van der Waals surface area contributed by atoms with Crippen LogP contribution >= 0.6 is 27.5 Å². The number of alkyl halides is 1. The zero-order valence-corrected chi connectivity index (χ0v) is 14.9. The molecule has 0 aromatic carbocycles. The van der Waals surface area contributed by atoms with Crippen LogP contribution in [0.2, 0.25) is 0 Å². The van der Waals surface area contributed by atoms with Crippen LogP contribution in [0, 0.1) is 5.92 Å². The maximum absolute atomic E-state index is 6.41. The van der Waals surface area contributed by atoms with E-state index in [9.17, 15) is 0 Å². The standard InChI is InChI=1S/C16H21BrClN3/c1-3-11-6-4-5-7-14(11)21-15(10(2)18)20-13-8-12(17)9-19-16(13)21/h8-11,14H,3-7H2,1-2H3. The largest absolute Gasteiger partial charge is 0.308 e. The monoisotopic (exact) mass is 369 g/mol. The van der Waals surface area contributed by atoms with Gasteiger partial charge in [0.15, 0.2) is 5.65 Å². The molecule has 0 amide bonds. The van der Waals surface area contributed by atoms with Gasteiger partial charge in [-0.1, -0.05) is 26.2 Å². The van der Waals surface area contributed by atoms with E-state index in [1.807, 2.05) is 19.2 Å². The second kappa shape index (κ2) is 6.25. The van der Waals surface area contributed by atoms with Crippen molar-refractivity contribution in [3.63, 3.8) is 0 Å². The number of pyridine rings is 1. The molecule has 0 bridgehead atoms. The van der Waals surface area contributed by atoms with E-state index in [1.165, 1.54) is 32.1 Å². The highest BCUT2D eigenvalue weighted by atomic mass is 79.9. The molecule has 21 heavy (non-hydrogen) atoms. The van der Waals surface area contributed by atoms with Gasteiger partial charge in [0.05, 0.1) is 5.38 Å². The van der Waals surface area contributed by atoms with Crippen LogP contribution in [-0.4, -0.2) is 14.5 Å². The molecule has 2 aromatic rings. The average molecular weight is 371 g/mol. The van der Waals surface area contributed by atoms with Crippen LogP contribution in [0.4, 0.5) is 0 Å². The fourth-order valence-electron chi connectivity index (χ4n) is 3.59. The smallest absolute Gasteiger partial charge is 0.160 e. The third kappa shape index (κ3) is 2.85. The summed E-state index contributed by atoms with van der Waals surface area (Å²) in [6.45, 7) is 4.29. The van der Waals surface area contributed by atoms with Crippen LogP contribution in [0.25, 0.3) is 11.2 Å². The van der Waals surface area contributed by atoms with E-state index in [1.54, 1.807) is 0 Å². The third-order valence-electron chi connectivity index (χ3n) is 4.60. The van der Waals surface area contributed by atoms with Crippen molar-refractivity contribution < 1.29 is 0 Å². The van der Waals surface area contributed by atoms with E-state index < -0.39 is 0 Å². The molecule has 0 aliphatic heterocycles. The van der Waals surface area contributed by atoms with Gasteiger partial charge in [-0.15, -0.1) is 11.6 Å². The normalized spacial score (nSPS) is 24.4. The van der Waals surface area contributed by atoms with Crippen molar-refractivity contribution in [1.29, 1.82) is 0 Å². The first kappa shape index (κ1) is 15.3. The minimum absolute atomic E-state index is 0.0996. The predicted octanol–water partition coefficient (Wildman–Crippen LogP) is 5.63. The molecule has 3 nitrogen and oxygen atoms in total. The number of hydrogen-bond acceptors (Lipinski definition) is 2. The molecule has 3 atom stereocenters. The Morgan fingerprint density at radius 2 is 2.19 bits per heavy atom. The molecule has 2 aromatic heterocycles. The summed E-state index contributed by atoms with van der Waals surface area (Å²) < 4.78 is 3.29. The Kier molecular flexibility index (Phi) is 4.55. The maximum atomic E-state index is 6.41. The molecule has 2 heterocycles. The Morgan fingerprint density at radius 1 is 1.43 bits per heavy atom. The minimum Gasteiger partial charge on any atom is -0.308 e. The topological polar surface area (TPSA) is 30.7 Å². The molecule has 114 valence electrons. The molecule has 3 rings (SSSR count). The van der Waals surface area contributed by atoms with Crippen molar-refractivity contribution in [2.75, 3.05) is 0 Å². The molecule has 1 aliphatic rings. The van der Waals surface area contributed by atoms with Gasteiger partial charge in [0.1, 0.15) is 11.3 Å². The summed E-state index contributed by atoms with van der Waals surface area (Å²) in [6.07, 6.45) is 8.19. The van der Waals surface area contributed by atoms with Gasteiger partial charge >= 0.3 is 0 Å². The van der Waals surface area contributed by atoms with Crippen LogP contribution in [0.3, 0.4) is 0 Å². The van der Waals surface area contributed by atoms with E-state index in [0.717, 1.165) is 21.5 Å². The number of hydrogen-bond donors (Lipinski definition) is 0. The first-order valence-electron chi connectivity index (χ1n) is 7.79. The Hall–Kier alpha value is -0.610. The van der Waals surface area contributed by atoms with Gasteiger partial charge in [-0.05, 0) is 47.7 Å². The number of nitrogens with zero attached hydrogens (tertiary/aromatic N) is 3. The zero-order valence-electron chi connectivity index (χ0n) is 12.5. The van der Waals surface area contributed by atoms with E-state index >= 15 is 0 Å². The molecule has 0 N–H and O–H groups in total. The van der Waals surface area contributed by atoms with Crippen molar-refractivity contribution in [1.82, 2.24) is 14.5 Å². The molecular formula is C16H21BrClN3. The Balaban J connectivity index is 2.16. The summed E-state index contributed by atoms with van der Waals surface area (Å²) in [7, 11) is 0. The molecule has 0 spiro atoms. The van der Waals surface area contributed by atoms with Crippen LogP contribution in [0.5, 0.6) is 0 Å². The SMILES string of the molecule is CCC1CCCCC1n1c(C(C)Cl)nc2cc(Br)cnc21. The highest BCUT2D eigenvalue weighted by Gasteiger charge is 2.30. The summed E-state index contributed by atoms with van der Waals surface area (Å²) in [5, 5.41) is -0.0996. The summed E-state index contributed by atoms with van der Waals surface area (Å²) in [6, 6.07) is 2.52. The van der Waals surface area contributed by atoms with E-state index in [2.05, 4.69) is 32.4 Å². The lowest BCUT2D eigenvalue weighted by atomic mass is 9.82. The summed E-state index contributed by atoms with van der Waals surface area (Å²) in [5.74, 6) is 1.67. The predicted molar refractivity (Wildman–Crippen MR) is 90.8 cm³/mol. The number of imidazole rings is 1. The lowest BCUT2D eigenvalue weighted by Crippen LogP contribution is -2.24. The Morgan fingerprint density at radius 3 is 2.90 bits per heavy atom. The van der Waals surface area contributed by atoms with Crippen LogP contribution < -0.4 is 0 Å². The molecule has 1 fully saturated rings. The summed E-state index contributed by atoms with van der Waals surface area (Å²) in [5.41, 5.74) is 1.92. The van der Waals surface area contributed by atoms with E-state index in [0.29, 0.717) is 12.0 Å². The minimum atomic E-state index is -0.0996. The van der Waals surface area contributed by atoms with Crippen molar-refractivity contribution >= 4 is 38.7 Å². The zero-order chi connectivity index (χ0) is 15.0. The molecule has 0 radical (unpaired) electrons. The maximum Gasteiger partial charge on any atom is 0.160 e. The quantitative estimate of drug-likeness (QED) is 0.655. The molecule has 3 unspecified atom stereocenters. The van der Waals surface area contributed by atoms with Gasteiger partial charge in [0, 0.05) is 16.7 Å². The highest BCUT2D eigenvalue weighted by Crippen LogP contribution is 2.40. The molecule has 1 aliphatic carbocycles. The van der Waals surface area contributed by atoms with Gasteiger partial charge in [0.25, 0.3) is 0 Å². The number of rotatable bonds is 3.